The number of hydrogen-bond donors (Lipinski definition) is 1. The molecule has 8 nitrogen and oxygen atoms in total. The number of ether oxygens (including phenoxy) is 2. The summed E-state index contributed by atoms with van der Waals surface area (Å²) in [4.78, 5) is 11.7. The minimum Gasteiger partial charge on any atom is -0.377 e. The van der Waals surface area contributed by atoms with Crippen LogP contribution in [0.3, 0.4) is 0 Å². The van der Waals surface area contributed by atoms with Crippen LogP contribution in [0.25, 0.3) is 0 Å². The summed E-state index contributed by atoms with van der Waals surface area (Å²) in [5.41, 5.74) is -0.631. The fourth-order valence-electron chi connectivity index (χ4n) is 3.59. The molecular weight excluding hydrogens is 377 g/mol. The van der Waals surface area contributed by atoms with Crippen LogP contribution >= 0.6 is 0 Å². The van der Waals surface area contributed by atoms with Gasteiger partial charge in [0.05, 0.1) is 26.4 Å². The van der Waals surface area contributed by atoms with Gasteiger partial charge in [0.25, 0.3) is 0 Å². The van der Waals surface area contributed by atoms with Gasteiger partial charge in [-0.3, -0.25) is 10.00 Å². The van der Waals surface area contributed by atoms with Crippen molar-refractivity contribution >= 4 is 5.95 Å². The molecule has 0 aliphatic carbocycles. The number of hydrogen-bond acceptors (Lipinski definition) is 7. The van der Waals surface area contributed by atoms with Gasteiger partial charge in [-0.15, -0.1) is 0 Å². The zero-order valence-electron chi connectivity index (χ0n) is 15.2. The van der Waals surface area contributed by atoms with E-state index in [0.29, 0.717) is 46.0 Å². The highest BCUT2D eigenvalue weighted by Crippen LogP contribution is 2.30. The molecule has 2 aliphatic heterocycles. The average Bonchev–Trinajstić information content (AvgIpc) is 3.10. The first-order valence-corrected chi connectivity index (χ1v) is 9.01. The molecule has 0 bridgehead atoms. The van der Waals surface area contributed by atoms with Crippen LogP contribution in [0, 0.1) is 0 Å². The third kappa shape index (κ3) is 4.26. The van der Waals surface area contributed by atoms with Crippen molar-refractivity contribution in [2.24, 2.45) is 0 Å². The maximum Gasteiger partial charge on any atom is 0.433 e. The zero-order valence-corrected chi connectivity index (χ0v) is 15.2. The second kappa shape index (κ2) is 7.64. The quantitative estimate of drug-likeness (QED) is 0.836. The summed E-state index contributed by atoms with van der Waals surface area (Å²) in [6.07, 6.45) is -1.67. The molecule has 0 aromatic carbocycles. The number of aromatic amines is 1. The molecule has 1 spiro atoms. The molecule has 2 aromatic heterocycles. The van der Waals surface area contributed by atoms with Gasteiger partial charge in [0.1, 0.15) is 11.3 Å². The summed E-state index contributed by atoms with van der Waals surface area (Å²) in [6.45, 7) is 4.03. The number of rotatable bonds is 3. The van der Waals surface area contributed by atoms with Crippen molar-refractivity contribution < 1.29 is 22.6 Å². The predicted octanol–water partition coefficient (Wildman–Crippen LogP) is 1.33. The molecule has 152 valence electrons. The van der Waals surface area contributed by atoms with Gasteiger partial charge in [0, 0.05) is 44.3 Å². The Kier molecular flexibility index (Phi) is 5.21. The van der Waals surface area contributed by atoms with Gasteiger partial charge in [0.2, 0.25) is 5.95 Å². The topological polar surface area (TPSA) is 79.4 Å². The normalized spacial score (nSPS) is 24.5. The second-order valence-electron chi connectivity index (χ2n) is 7.04. The SMILES string of the molecule is FC(F)(F)c1ccnc(N2CCOC3(COCCN(Cc4ccn[nH]4)C3)C2)n1. The van der Waals surface area contributed by atoms with E-state index in [4.69, 9.17) is 9.47 Å². The van der Waals surface area contributed by atoms with E-state index in [1.807, 2.05) is 6.07 Å². The van der Waals surface area contributed by atoms with Gasteiger partial charge in [-0.1, -0.05) is 0 Å². The predicted molar refractivity (Wildman–Crippen MR) is 92.6 cm³/mol. The van der Waals surface area contributed by atoms with E-state index in [1.54, 1.807) is 11.1 Å². The zero-order chi connectivity index (χ0) is 19.6. The van der Waals surface area contributed by atoms with Gasteiger partial charge in [-0.25, -0.2) is 9.97 Å². The van der Waals surface area contributed by atoms with Crippen molar-refractivity contribution in [1.82, 2.24) is 25.1 Å². The highest BCUT2D eigenvalue weighted by atomic mass is 19.4. The molecule has 0 amide bonds. The van der Waals surface area contributed by atoms with E-state index in [2.05, 4.69) is 25.1 Å². The third-order valence-corrected chi connectivity index (χ3v) is 4.85. The lowest BCUT2D eigenvalue weighted by atomic mass is 10.0. The highest BCUT2D eigenvalue weighted by molar-refractivity contribution is 5.33. The lowest BCUT2D eigenvalue weighted by Gasteiger charge is -2.43. The van der Waals surface area contributed by atoms with Crippen molar-refractivity contribution in [1.29, 1.82) is 0 Å². The summed E-state index contributed by atoms with van der Waals surface area (Å²) in [5.74, 6) is 0.0573. The number of alkyl halides is 3. The van der Waals surface area contributed by atoms with Crippen LogP contribution in [0.15, 0.2) is 24.5 Å². The molecule has 2 aromatic rings. The Morgan fingerprint density at radius 3 is 2.82 bits per heavy atom. The Balaban J connectivity index is 1.51. The third-order valence-electron chi connectivity index (χ3n) is 4.85. The molecule has 2 fully saturated rings. The van der Waals surface area contributed by atoms with Gasteiger partial charge in [0.15, 0.2) is 0 Å². The molecule has 2 saturated heterocycles. The van der Waals surface area contributed by atoms with Crippen LogP contribution in [-0.2, 0) is 22.2 Å². The Morgan fingerprint density at radius 2 is 2.04 bits per heavy atom. The molecular formula is C17H21F3N6O2. The maximum atomic E-state index is 13.0. The molecule has 1 N–H and O–H groups in total. The molecule has 0 radical (unpaired) electrons. The smallest absolute Gasteiger partial charge is 0.377 e. The number of anilines is 1. The molecule has 4 heterocycles. The van der Waals surface area contributed by atoms with E-state index in [1.165, 1.54) is 0 Å². The standard InChI is InChI=1S/C17H21F3N6O2/c18-17(19,20)14-2-3-21-15(23-14)26-6-8-28-16(11-26)10-25(5-7-27-12-16)9-13-1-4-22-24-13/h1-4H,5-12H2,(H,22,24). The Hall–Kier alpha value is -2.24. The monoisotopic (exact) mass is 398 g/mol. The molecule has 0 saturated carbocycles. The first-order valence-electron chi connectivity index (χ1n) is 9.01. The maximum absolute atomic E-state index is 13.0. The molecule has 1 unspecified atom stereocenters. The minimum absolute atomic E-state index is 0.0573. The molecule has 11 heteroatoms. The Labute approximate surface area is 159 Å². The molecule has 1 atom stereocenters. The minimum atomic E-state index is -4.51. The fraction of sp³-hybridized carbons (Fsp3) is 0.588. The first kappa shape index (κ1) is 19.1. The number of aromatic nitrogens is 4. The summed E-state index contributed by atoms with van der Waals surface area (Å²) in [7, 11) is 0. The van der Waals surface area contributed by atoms with Crippen LogP contribution in [-0.4, -0.2) is 76.7 Å². The summed E-state index contributed by atoms with van der Waals surface area (Å²) in [6, 6.07) is 2.78. The van der Waals surface area contributed by atoms with E-state index in [-0.39, 0.29) is 5.95 Å². The Bertz CT molecular complexity index is 787. The largest absolute Gasteiger partial charge is 0.433 e. The molecule has 2 aliphatic rings. The summed E-state index contributed by atoms with van der Waals surface area (Å²) >= 11 is 0. The lowest BCUT2D eigenvalue weighted by molar-refractivity contribution is -0.141. The van der Waals surface area contributed by atoms with Crippen molar-refractivity contribution in [3.63, 3.8) is 0 Å². The van der Waals surface area contributed by atoms with Crippen molar-refractivity contribution in [3.8, 4) is 0 Å². The number of nitrogens with one attached hydrogen (secondary N) is 1. The van der Waals surface area contributed by atoms with Gasteiger partial charge in [-0.05, 0) is 12.1 Å². The van der Waals surface area contributed by atoms with Crippen molar-refractivity contribution in [2.75, 3.05) is 50.9 Å². The van der Waals surface area contributed by atoms with Gasteiger partial charge >= 0.3 is 6.18 Å². The van der Waals surface area contributed by atoms with E-state index < -0.39 is 17.5 Å². The molecule has 4 rings (SSSR count). The highest BCUT2D eigenvalue weighted by Gasteiger charge is 2.41. The van der Waals surface area contributed by atoms with Crippen LogP contribution in [0.4, 0.5) is 19.1 Å². The second-order valence-corrected chi connectivity index (χ2v) is 7.04. The number of morpholine rings is 1. The van der Waals surface area contributed by atoms with E-state index in [0.717, 1.165) is 24.5 Å². The van der Waals surface area contributed by atoms with Gasteiger partial charge < -0.3 is 14.4 Å². The van der Waals surface area contributed by atoms with Crippen LogP contribution in [0.5, 0.6) is 0 Å². The summed E-state index contributed by atoms with van der Waals surface area (Å²) in [5, 5.41) is 6.90. The number of nitrogens with zero attached hydrogens (tertiary/aromatic N) is 5. The van der Waals surface area contributed by atoms with Crippen LogP contribution in [0.2, 0.25) is 0 Å². The van der Waals surface area contributed by atoms with E-state index in [9.17, 15) is 13.2 Å². The van der Waals surface area contributed by atoms with Crippen molar-refractivity contribution in [3.05, 3.63) is 35.9 Å². The van der Waals surface area contributed by atoms with E-state index >= 15 is 0 Å². The fourth-order valence-corrected chi connectivity index (χ4v) is 3.59. The van der Waals surface area contributed by atoms with Crippen molar-refractivity contribution in [2.45, 2.75) is 18.3 Å². The number of halogens is 3. The average molecular weight is 398 g/mol. The number of H-pyrrole nitrogens is 1. The Morgan fingerprint density at radius 1 is 1.14 bits per heavy atom. The first-order chi connectivity index (χ1) is 13.4. The van der Waals surface area contributed by atoms with Gasteiger partial charge in [-0.2, -0.15) is 18.3 Å². The lowest BCUT2D eigenvalue weighted by Crippen LogP contribution is -2.59. The molecule has 28 heavy (non-hydrogen) atoms. The van der Waals surface area contributed by atoms with Crippen LogP contribution < -0.4 is 4.90 Å². The van der Waals surface area contributed by atoms with Crippen LogP contribution in [0.1, 0.15) is 11.4 Å². The summed E-state index contributed by atoms with van der Waals surface area (Å²) < 4.78 is 50.8.